The van der Waals surface area contributed by atoms with Gasteiger partial charge in [-0.15, -0.1) is 0 Å². The van der Waals surface area contributed by atoms with Gasteiger partial charge in [0.2, 0.25) is 0 Å². The van der Waals surface area contributed by atoms with Crippen LogP contribution in [-0.2, 0) is 0 Å². The minimum atomic E-state index is 0.501. The lowest BCUT2D eigenvalue weighted by molar-refractivity contribution is 0.408. The van der Waals surface area contributed by atoms with Crippen LogP contribution in [0.5, 0.6) is 5.75 Å². The van der Waals surface area contributed by atoms with Crippen molar-refractivity contribution in [2.45, 2.75) is 19.8 Å². The quantitative estimate of drug-likeness (QED) is 0.770. The first-order valence-corrected chi connectivity index (χ1v) is 4.54. The molecule has 0 aliphatic carbocycles. The van der Waals surface area contributed by atoms with Crippen molar-refractivity contribution >= 4 is 5.69 Å². The first-order valence-electron chi connectivity index (χ1n) is 4.54. The number of anilines is 1. The summed E-state index contributed by atoms with van der Waals surface area (Å²) in [7, 11) is 3.62. The van der Waals surface area contributed by atoms with E-state index in [2.05, 4.69) is 31.3 Å². The summed E-state index contributed by atoms with van der Waals surface area (Å²) in [5.41, 5.74) is 2.34. The molecule has 1 rings (SSSR count). The molecule has 0 fully saturated rings. The summed E-state index contributed by atoms with van der Waals surface area (Å²) in [5.74, 6) is 1.46. The highest BCUT2D eigenvalue weighted by Gasteiger charge is 2.06. The van der Waals surface area contributed by atoms with Gasteiger partial charge < -0.3 is 10.1 Å². The lowest BCUT2D eigenvalue weighted by atomic mass is 10.0. The summed E-state index contributed by atoms with van der Waals surface area (Å²) in [4.78, 5) is 0. The van der Waals surface area contributed by atoms with Crippen LogP contribution in [0.1, 0.15) is 25.3 Å². The third-order valence-electron chi connectivity index (χ3n) is 2.14. The molecule has 1 aromatic carbocycles. The first kappa shape index (κ1) is 9.90. The zero-order valence-electron chi connectivity index (χ0n) is 8.72. The third-order valence-corrected chi connectivity index (χ3v) is 2.14. The van der Waals surface area contributed by atoms with E-state index in [9.17, 15) is 0 Å². The van der Waals surface area contributed by atoms with Crippen molar-refractivity contribution < 1.29 is 4.74 Å². The molecule has 1 N–H and O–H groups in total. The Morgan fingerprint density at radius 3 is 2.46 bits per heavy atom. The van der Waals surface area contributed by atoms with Crippen molar-refractivity contribution in [3.05, 3.63) is 23.8 Å². The lowest BCUT2D eigenvalue weighted by Gasteiger charge is -2.12. The van der Waals surface area contributed by atoms with E-state index in [1.807, 2.05) is 13.1 Å². The van der Waals surface area contributed by atoms with Gasteiger partial charge >= 0.3 is 0 Å². The van der Waals surface area contributed by atoms with Crippen LogP contribution in [0.25, 0.3) is 0 Å². The summed E-state index contributed by atoms with van der Waals surface area (Å²) in [6, 6.07) is 6.20. The average molecular weight is 179 g/mol. The Balaban J connectivity index is 3.08. The van der Waals surface area contributed by atoms with Crippen LogP contribution in [0.4, 0.5) is 5.69 Å². The SMILES string of the molecule is CNc1ccc(C(C)C)c(OC)c1. The smallest absolute Gasteiger partial charge is 0.124 e. The van der Waals surface area contributed by atoms with Crippen LogP contribution >= 0.6 is 0 Å². The van der Waals surface area contributed by atoms with Crippen molar-refractivity contribution in [3.8, 4) is 5.75 Å². The fraction of sp³-hybridized carbons (Fsp3) is 0.455. The monoisotopic (exact) mass is 179 g/mol. The zero-order valence-corrected chi connectivity index (χ0v) is 8.72. The predicted octanol–water partition coefficient (Wildman–Crippen LogP) is 2.86. The number of ether oxygens (including phenoxy) is 1. The van der Waals surface area contributed by atoms with Crippen molar-refractivity contribution in [1.29, 1.82) is 0 Å². The molecule has 0 spiro atoms. The molecule has 0 radical (unpaired) electrons. The van der Waals surface area contributed by atoms with Crippen molar-refractivity contribution in [1.82, 2.24) is 0 Å². The highest BCUT2D eigenvalue weighted by molar-refractivity contribution is 5.52. The highest BCUT2D eigenvalue weighted by Crippen LogP contribution is 2.28. The molecule has 0 amide bonds. The topological polar surface area (TPSA) is 21.3 Å². The highest BCUT2D eigenvalue weighted by atomic mass is 16.5. The summed E-state index contributed by atoms with van der Waals surface area (Å²) < 4.78 is 5.31. The molecule has 0 bridgehead atoms. The molecule has 1 aromatic rings. The number of hydrogen-bond acceptors (Lipinski definition) is 2. The van der Waals surface area contributed by atoms with Crippen LogP contribution in [0.2, 0.25) is 0 Å². The average Bonchev–Trinajstić information content (AvgIpc) is 2.16. The Labute approximate surface area is 79.9 Å². The van der Waals surface area contributed by atoms with Crippen LogP contribution < -0.4 is 10.1 Å². The normalized spacial score (nSPS) is 10.2. The van der Waals surface area contributed by atoms with Crippen LogP contribution in [0.3, 0.4) is 0 Å². The van der Waals surface area contributed by atoms with Gasteiger partial charge in [-0.2, -0.15) is 0 Å². The van der Waals surface area contributed by atoms with E-state index in [1.165, 1.54) is 5.56 Å². The van der Waals surface area contributed by atoms with Crippen molar-refractivity contribution in [2.75, 3.05) is 19.5 Å². The number of rotatable bonds is 3. The predicted molar refractivity (Wildman–Crippen MR) is 56.6 cm³/mol. The van der Waals surface area contributed by atoms with Gasteiger partial charge in [-0.1, -0.05) is 19.9 Å². The Kier molecular flexibility index (Phi) is 3.18. The molecule has 2 heteroatoms. The molecule has 0 saturated carbocycles. The Morgan fingerprint density at radius 2 is 2.00 bits per heavy atom. The largest absolute Gasteiger partial charge is 0.496 e. The van der Waals surface area contributed by atoms with Gasteiger partial charge in [0.25, 0.3) is 0 Å². The second kappa shape index (κ2) is 4.17. The minimum Gasteiger partial charge on any atom is -0.496 e. The molecular formula is C11H17NO. The second-order valence-corrected chi connectivity index (χ2v) is 3.36. The van der Waals surface area contributed by atoms with E-state index in [4.69, 9.17) is 4.74 Å². The van der Waals surface area contributed by atoms with E-state index in [0.29, 0.717) is 5.92 Å². The van der Waals surface area contributed by atoms with Crippen LogP contribution in [-0.4, -0.2) is 14.2 Å². The molecule has 0 atom stereocenters. The lowest BCUT2D eigenvalue weighted by Crippen LogP contribution is -1.96. The Bertz CT molecular complexity index is 281. The Hall–Kier alpha value is -1.18. The molecular weight excluding hydrogens is 162 g/mol. The maximum atomic E-state index is 5.31. The zero-order chi connectivity index (χ0) is 9.84. The summed E-state index contributed by atoms with van der Waals surface area (Å²) in [5, 5.41) is 3.09. The van der Waals surface area contributed by atoms with E-state index >= 15 is 0 Å². The molecule has 13 heavy (non-hydrogen) atoms. The number of nitrogens with one attached hydrogen (secondary N) is 1. The van der Waals surface area contributed by atoms with E-state index in [0.717, 1.165) is 11.4 Å². The van der Waals surface area contributed by atoms with Gasteiger partial charge in [-0.3, -0.25) is 0 Å². The van der Waals surface area contributed by atoms with Gasteiger partial charge in [0.15, 0.2) is 0 Å². The van der Waals surface area contributed by atoms with Crippen molar-refractivity contribution in [2.24, 2.45) is 0 Å². The minimum absolute atomic E-state index is 0.501. The van der Waals surface area contributed by atoms with Gasteiger partial charge in [0, 0.05) is 18.8 Å². The van der Waals surface area contributed by atoms with Gasteiger partial charge in [0.05, 0.1) is 7.11 Å². The summed E-state index contributed by atoms with van der Waals surface area (Å²) >= 11 is 0. The Morgan fingerprint density at radius 1 is 1.31 bits per heavy atom. The van der Waals surface area contributed by atoms with Crippen LogP contribution in [0, 0.1) is 0 Å². The fourth-order valence-electron chi connectivity index (χ4n) is 1.34. The molecule has 0 aromatic heterocycles. The van der Waals surface area contributed by atoms with Gasteiger partial charge in [0.1, 0.15) is 5.75 Å². The number of benzene rings is 1. The number of hydrogen-bond donors (Lipinski definition) is 1. The maximum Gasteiger partial charge on any atom is 0.124 e. The summed E-state index contributed by atoms with van der Waals surface area (Å²) in [6.45, 7) is 4.33. The first-order chi connectivity index (χ1) is 6.19. The third kappa shape index (κ3) is 2.14. The molecule has 0 saturated heterocycles. The molecule has 0 aliphatic heterocycles. The van der Waals surface area contributed by atoms with Gasteiger partial charge in [-0.25, -0.2) is 0 Å². The maximum absolute atomic E-state index is 5.31. The molecule has 72 valence electrons. The fourth-order valence-corrected chi connectivity index (χ4v) is 1.34. The summed E-state index contributed by atoms with van der Waals surface area (Å²) in [6.07, 6.45) is 0. The van der Waals surface area contributed by atoms with E-state index < -0.39 is 0 Å². The second-order valence-electron chi connectivity index (χ2n) is 3.36. The molecule has 0 unspecified atom stereocenters. The molecule has 2 nitrogen and oxygen atoms in total. The number of methoxy groups -OCH3 is 1. The van der Waals surface area contributed by atoms with Crippen molar-refractivity contribution in [3.63, 3.8) is 0 Å². The van der Waals surface area contributed by atoms with Gasteiger partial charge in [-0.05, 0) is 17.5 Å². The van der Waals surface area contributed by atoms with Crippen LogP contribution in [0.15, 0.2) is 18.2 Å². The van der Waals surface area contributed by atoms with E-state index in [-0.39, 0.29) is 0 Å². The standard InChI is InChI=1S/C11H17NO/c1-8(2)10-6-5-9(12-3)7-11(10)13-4/h5-8,12H,1-4H3. The van der Waals surface area contributed by atoms with E-state index in [1.54, 1.807) is 7.11 Å². The molecule has 0 aliphatic rings. The molecule has 0 heterocycles.